The molecule has 3 aromatic rings. The number of piperidine rings is 1. The number of ether oxygens (including phenoxy) is 1. The molecule has 1 aliphatic carbocycles. The zero-order valence-corrected chi connectivity index (χ0v) is 30.6. The number of pyridine rings is 1. The number of carbonyl (C=O) groups is 6. The Kier molecular flexibility index (Phi) is 9.05. The maximum atomic E-state index is 13.4. The molecular formula is C38H36ClN7O8. The van der Waals surface area contributed by atoms with Gasteiger partial charge in [0.05, 0.1) is 33.8 Å². The minimum atomic E-state index is -1.09. The molecule has 2 aromatic carbocycles. The Balaban J connectivity index is 0.940. The number of anilines is 1. The first-order valence-electron chi connectivity index (χ1n) is 17.3. The van der Waals surface area contributed by atoms with Crippen molar-refractivity contribution in [2.45, 2.75) is 58.7 Å². The summed E-state index contributed by atoms with van der Waals surface area (Å²) in [6.07, 6.45) is 1.25. The highest BCUT2D eigenvalue weighted by atomic mass is 35.5. The van der Waals surface area contributed by atoms with Crippen molar-refractivity contribution in [3.05, 3.63) is 82.0 Å². The Labute approximate surface area is 315 Å². The van der Waals surface area contributed by atoms with Crippen molar-refractivity contribution in [2.75, 3.05) is 24.5 Å². The van der Waals surface area contributed by atoms with Crippen molar-refractivity contribution in [3.8, 4) is 17.6 Å². The highest BCUT2D eigenvalue weighted by Gasteiger charge is 2.64. The SMILES string of the molecule is CC1(C)C(NC(=O)c2ccc(N3CCN(Oc4ccc5c(c4)C(=O)N(C4CCC(=O)NC4=O)C5=O)C(=O)C3)nc2)C(C)(C)C1Oc1ccc(C#N)c(Cl)c1. The number of hydroxylamine groups is 2. The number of hydrogen-bond donors (Lipinski definition) is 2. The lowest BCUT2D eigenvalue weighted by molar-refractivity contribution is -0.164. The van der Waals surface area contributed by atoms with Crippen LogP contribution in [0, 0.1) is 22.2 Å². The van der Waals surface area contributed by atoms with Gasteiger partial charge in [-0.15, -0.1) is 0 Å². The second-order valence-electron chi connectivity index (χ2n) is 14.9. The summed E-state index contributed by atoms with van der Waals surface area (Å²) in [5.41, 5.74) is -0.0513. The monoisotopic (exact) mass is 753 g/mol. The lowest BCUT2D eigenvalue weighted by atomic mass is 9.49. The highest BCUT2D eigenvalue weighted by molar-refractivity contribution is 6.31. The second kappa shape index (κ2) is 13.4. The molecule has 1 atom stereocenters. The second-order valence-corrected chi connectivity index (χ2v) is 15.3. The standard InChI is InChI=1S/C38H36ClN7O8/c1-37(2)35(38(3,4)36(37)53-22-7-5-20(17-40)26(39)16-22)43-31(49)21-6-11-28(41-18-21)44-13-14-45(30(48)19-44)54-23-8-9-24-25(15-23)34(52)46(33(24)51)27-10-12-29(47)42-32(27)50/h5-9,11,15-16,18,27,35-36H,10,12-14,19H2,1-4H3,(H,43,49)(H,42,47,50). The number of piperazine rings is 1. The predicted molar refractivity (Wildman–Crippen MR) is 191 cm³/mol. The Hall–Kier alpha value is -6.01. The Morgan fingerprint density at radius 3 is 2.33 bits per heavy atom. The number of nitrogens with one attached hydrogen (secondary N) is 2. The molecule has 278 valence electrons. The molecule has 1 unspecified atom stereocenters. The van der Waals surface area contributed by atoms with E-state index < -0.39 is 40.5 Å². The average Bonchev–Trinajstić information content (AvgIpc) is 3.38. The van der Waals surface area contributed by atoms with Crippen LogP contribution in [0.2, 0.25) is 5.02 Å². The predicted octanol–water partition coefficient (Wildman–Crippen LogP) is 3.26. The van der Waals surface area contributed by atoms with Crippen LogP contribution in [0.25, 0.3) is 0 Å². The molecule has 15 nitrogen and oxygen atoms in total. The zero-order chi connectivity index (χ0) is 38.7. The van der Waals surface area contributed by atoms with E-state index in [1.807, 2.05) is 33.8 Å². The van der Waals surface area contributed by atoms with E-state index in [2.05, 4.69) is 15.6 Å². The number of nitrogens with zero attached hydrogens (tertiary/aromatic N) is 5. The first-order valence-corrected chi connectivity index (χ1v) is 17.7. The number of benzene rings is 2. The van der Waals surface area contributed by atoms with Crippen LogP contribution in [0.1, 0.15) is 77.2 Å². The van der Waals surface area contributed by atoms with Gasteiger partial charge in [-0.1, -0.05) is 39.3 Å². The van der Waals surface area contributed by atoms with Gasteiger partial charge in [0.25, 0.3) is 23.6 Å². The van der Waals surface area contributed by atoms with Crippen molar-refractivity contribution >= 4 is 52.9 Å². The van der Waals surface area contributed by atoms with Crippen molar-refractivity contribution < 1.29 is 38.3 Å². The van der Waals surface area contributed by atoms with Crippen LogP contribution in [0.15, 0.2) is 54.7 Å². The molecule has 0 bridgehead atoms. The number of carbonyl (C=O) groups excluding carboxylic acids is 6. The molecule has 0 radical (unpaired) electrons. The molecule has 2 N–H and O–H groups in total. The molecule has 4 heterocycles. The zero-order valence-electron chi connectivity index (χ0n) is 29.8. The van der Waals surface area contributed by atoms with E-state index in [9.17, 15) is 34.0 Å². The van der Waals surface area contributed by atoms with Crippen LogP contribution < -0.4 is 25.1 Å². The molecule has 0 spiro atoms. The van der Waals surface area contributed by atoms with E-state index >= 15 is 0 Å². The van der Waals surface area contributed by atoms with Gasteiger partial charge in [-0.25, -0.2) is 4.98 Å². The normalized spacial score (nSPS) is 22.9. The van der Waals surface area contributed by atoms with E-state index in [-0.39, 0.29) is 66.8 Å². The van der Waals surface area contributed by atoms with E-state index in [1.54, 1.807) is 35.2 Å². The molecule has 1 saturated carbocycles. The largest absolute Gasteiger partial charge is 0.489 e. The fraction of sp³-hybridized carbons (Fsp3) is 0.368. The van der Waals surface area contributed by atoms with Crippen LogP contribution in [-0.4, -0.2) is 88.2 Å². The molecular weight excluding hydrogens is 718 g/mol. The molecule has 7 rings (SSSR count). The number of imide groups is 2. The number of amides is 6. The van der Waals surface area contributed by atoms with Gasteiger partial charge < -0.3 is 19.8 Å². The van der Waals surface area contributed by atoms with Crippen molar-refractivity contribution in [2.24, 2.45) is 10.8 Å². The van der Waals surface area contributed by atoms with E-state index in [0.717, 1.165) is 9.96 Å². The number of hydrogen-bond acceptors (Lipinski definition) is 11. The maximum absolute atomic E-state index is 13.4. The number of rotatable bonds is 8. The van der Waals surface area contributed by atoms with Gasteiger partial charge in [0, 0.05) is 42.1 Å². The molecule has 54 heavy (non-hydrogen) atoms. The quantitative estimate of drug-likeness (QED) is 0.321. The summed E-state index contributed by atoms with van der Waals surface area (Å²) in [5.74, 6) is -1.98. The Bertz CT molecular complexity index is 2150. The summed E-state index contributed by atoms with van der Waals surface area (Å²) in [6.45, 7) is 8.50. The molecule has 2 saturated heterocycles. The first kappa shape index (κ1) is 36.4. The van der Waals surface area contributed by atoms with Gasteiger partial charge in [-0.2, -0.15) is 10.3 Å². The third kappa shape index (κ3) is 6.26. The van der Waals surface area contributed by atoms with Crippen molar-refractivity contribution in [1.29, 1.82) is 5.26 Å². The van der Waals surface area contributed by atoms with Gasteiger partial charge in [0.15, 0.2) is 5.75 Å². The van der Waals surface area contributed by atoms with Gasteiger partial charge >= 0.3 is 0 Å². The molecule has 16 heteroatoms. The topological polar surface area (TPSA) is 191 Å². The fourth-order valence-electron chi connectivity index (χ4n) is 8.10. The van der Waals surface area contributed by atoms with Crippen LogP contribution in [0.3, 0.4) is 0 Å². The summed E-state index contributed by atoms with van der Waals surface area (Å²) in [4.78, 5) is 89.5. The minimum absolute atomic E-state index is 0.00970. The summed E-state index contributed by atoms with van der Waals surface area (Å²) in [6, 6.07) is 13.2. The highest BCUT2D eigenvalue weighted by Crippen LogP contribution is 2.55. The number of halogens is 1. The molecule has 1 aromatic heterocycles. The van der Waals surface area contributed by atoms with E-state index in [4.69, 9.17) is 21.2 Å². The van der Waals surface area contributed by atoms with Gasteiger partial charge in [-0.3, -0.25) is 39.0 Å². The number of nitriles is 1. The summed E-state index contributed by atoms with van der Waals surface area (Å²) in [7, 11) is 0. The van der Waals surface area contributed by atoms with Crippen molar-refractivity contribution in [1.82, 2.24) is 25.6 Å². The van der Waals surface area contributed by atoms with Crippen LogP contribution in [0.5, 0.6) is 11.5 Å². The van der Waals surface area contributed by atoms with Gasteiger partial charge in [-0.05, 0) is 48.9 Å². The van der Waals surface area contributed by atoms with Gasteiger partial charge in [0.1, 0.15) is 36.3 Å². The Morgan fingerprint density at radius 2 is 1.69 bits per heavy atom. The van der Waals surface area contributed by atoms with Crippen LogP contribution >= 0.6 is 11.6 Å². The van der Waals surface area contributed by atoms with Crippen LogP contribution in [0.4, 0.5) is 5.82 Å². The van der Waals surface area contributed by atoms with Gasteiger partial charge in [0.2, 0.25) is 11.8 Å². The van der Waals surface area contributed by atoms with E-state index in [1.165, 1.54) is 24.4 Å². The molecule has 3 aliphatic heterocycles. The third-order valence-corrected chi connectivity index (χ3v) is 10.9. The lowest BCUT2D eigenvalue weighted by Gasteiger charge is -2.63. The molecule has 4 aliphatic rings. The summed E-state index contributed by atoms with van der Waals surface area (Å²) >= 11 is 6.21. The van der Waals surface area contributed by atoms with Crippen LogP contribution in [-0.2, 0) is 14.4 Å². The maximum Gasteiger partial charge on any atom is 0.274 e. The third-order valence-electron chi connectivity index (χ3n) is 10.6. The van der Waals surface area contributed by atoms with E-state index in [0.29, 0.717) is 34.3 Å². The average molecular weight is 754 g/mol. The summed E-state index contributed by atoms with van der Waals surface area (Å²) in [5, 5.41) is 16.0. The fourth-order valence-corrected chi connectivity index (χ4v) is 8.31. The van der Waals surface area contributed by atoms with Crippen molar-refractivity contribution in [3.63, 3.8) is 0 Å². The number of fused-ring (bicyclic) bond motifs is 1. The number of aromatic nitrogens is 1. The Morgan fingerprint density at radius 1 is 0.963 bits per heavy atom. The first-order chi connectivity index (χ1) is 25.6. The molecule has 6 amide bonds. The minimum Gasteiger partial charge on any atom is -0.489 e. The lowest BCUT2D eigenvalue weighted by Crippen LogP contribution is -2.74. The molecule has 3 fully saturated rings. The smallest absolute Gasteiger partial charge is 0.274 e. The summed E-state index contributed by atoms with van der Waals surface area (Å²) < 4.78 is 6.32.